The van der Waals surface area contributed by atoms with E-state index in [2.05, 4.69) is 95.1 Å². The number of rotatable bonds is 10. The Morgan fingerprint density at radius 1 is 1.00 bits per heavy atom. The molecule has 36 heavy (non-hydrogen) atoms. The van der Waals surface area contributed by atoms with Crippen molar-refractivity contribution in [3.05, 3.63) is 136 Å². The van der Waals surface area contributed by atoms with E-state index in [4.69, 9.17) is 4.74 Å². The van der Waals surface area contributed by atoms with Crippen molar-refractivity contribution in [1.82, 2.24) is 0 Å². The van der Waals surface area contributed by atoms with Gasteiger partial charge in [-0.2, -0.15) is 0 Å². The Balaban J connectivity index is 1.64. The number of benzene rings is 2. The van der Waals surface area contributed by atoms with Crippen LogP contribution in [0.1, 0.15) is 67.3 Å². The minimum Gasteiger partial charge on any atom is -0.380 e. The van der Waals surface area contributed by atoms with Crippen molar-refractivity contribution in [1.29, 1.82) is 0 Å². The summed E-state index contributed by atoms with van der Waals surface area (Å²) >= 11 is 0. The summed E-state index contributed by atoms with van der Waals surface area (Å²) in [5.74, 6) is 0.186. The SMILES string of the molecule is C=C(CC(=C)C1=C(C)C(c2c(CC)cccc2CC)C(COC)=CC1=C)CC1=CCc2ccccc21. The van der Waals surface area contributed by atoms with Gasteiger partial charge in [-0.1, -0.05) is 99.3 Å². The molecule has 1 unspecified atom stereocenters. The lowest BCUT2D eigenvalue weighted by Crippen LogP contribution is -2.19. The highest BCUT2D eigenvalue weighted by molar-refractivity contribution is 5.74. The highest BCUT2D eigenvalue weighted by Gasteiger charge is 2.30. The van der Waals surface area contributed by atoms with Crippen molar-refractivity contribution in [2.24, 2.45) is 0 Å². The summed E-state index contributed by atoms with van der Waals surface area (Å²) in [6, 6.07) is 15.5. The van der Waals surface area contributed by atoms with Crippen LogP contribution in [0.4, 0.5) is 0 Å². The van der Waals surface area contributed by atoms with E-state index in [1.165, 1.54) is 55.7 Å². The maximum absolute atomic E-state index is 5.67. The molecule has 2 aromatic rings. The molecule has 186 valence electrons. The van der Waals surface area contributed by atoms with Crippen molar-refractivity contribution in [2.45, 2.75) is 58.8 Å². The molecule has 0 bridgehead atoms. The van der Waals surface area contributed by atoms with E-state index in [1.54, 1.807) is 7.11 Å². The molecule has 0 saturated carbocycles. The third kappa shape index (κ3) is 5.04. The molecule has 4 rings (SSSR count). The number of aryl methyl sites for hydroxylation is 2. The van der Waals surface area contributed by atoms with Crippen LogP contribution >= 0.6 is 0 Å². The Morgan fingerprint density at radius 3 is 2.36 bits per heavy atom. The first-order chi connectivity index (χ1) is 17.4. The minimum atomic E-state index is 0.186. The van der Waals surface area contributed by atoms with Crippen LogP contribution in [0, 0.1) is 0 Å². The first kappa shape index (κ1) is 25.9. The molecule has 0 amide bonds. The first-order valence-corrected chi connectivity index (χ1v) is 13.2. The van der Waals surface area contributed by atoms with Gasteiger partial charge in [-0.05, 0) is 94.7 Å². The molecule has 1 heteroatoms. The summed E-state index contributed by atoms with van der Waals surface area (Å²) in [6.07, 6.45) is 9.31. The third-order valence-corrected chi connectivity index (χ3v) is 7.72. The normalized spacial score (nSPS) is 17.1. The van der Waals surface area contributed by atoms with E-state index in [1.807, 2.05) is 0 Å². The van der Waals surface area contributed by atoms with Gasteiger partial charge in [0.25, 0.3) is 0 Å². The molecule has 2 aliphatic rings. The fourth-order valence-electron chi connectivity index (χ4n) is 6.15. The second-order valence-corrected chi connectivity index (χ2v) is 10.2. The van der Waals surface area contributed by atoms with E-state index >= 15 is 0 Å². The quantitative estimate of drug-likeness (QED) is 0.311. The average molecular weight is 477 g/mol. The zero-order chi connectivity index (χ0) is 25.8. The molecule has 0 aromatic heterocycles. The minimum absolute atomic E-state index is 0.186. The Labute approximate surface area is 218 Å². The van der Waals surface area contributed by atoms with Crippen LogP contribution in [0.2, 0.25) is 0 Å². The lowest BCUT2D eigenvalue weighted by Gasteiger charge is -2.33. The Morgan fingerprint density at radius 2 is 1.69 bits per heavy atom. The van der Waals surface area contributed by atoms with Gasteiger partial charge < -0.3 is 4.74 Å². The van der Waals surface area contributed by atoms with Crippen molar-refractivity contribution in [3.8, 4) is 0 Å². The molecule has 0 spiro atoms. The largest absolute Gasteiger partial charge is 0.380 e. The van der Waals surface area contributed by atoms with Gasteiger partial charge in [0.15, 0.2) is 0 Å². The van der Waals surface area contributed by atoms with Crippen molar-refractivity contribution in [3.63, 3.8) is 0 Å². The molecular formula is C35H40O. The summed E-state index contributed by atoms with van der Waals surface area (Å²) in [4.78, 5) is 0. The zero-order valence-corrected chi connectivity index (χ0v) is 22.5. The van der Waals surface area contributed by atoms with Crippen LogP contribution in [-0.2, 0) is 24.0 Å². The van der Waals surface area contributed by atoms with E-state index in [9.17, 15) is 0 Å². The maximum atomic E-state index is 5.67. The molecule has 2 aromatic carbocycles. The molecule has 0 heterocycles. The first-order valence-electron chi connectivity index (χ1n) is 13.2. The van der Waals surface area contributed by atoms with Crippen molar-refractivity contribution < 1.29 is 4.74 Å². The molecule has 0 saturated heterocycles. The summed E-state index contributed by atoms with van der Waals surface area (Å²) in [5, 5.41) is 0. The standard InChI is InChI=1S/C35H40O/c1-8-27-14-12-15-28(9-2)35(27)34-26(6)33(25(5)21-31(34)22-36-7)24(4)19-23(3)20-30-18-17-29-13-10-11-16-32(29)30/h10-16,18,21,34H,3-5,8-9,17,19-20,22H2,1-2,6-7H3. The molecule has 0 radical (unpaired) electrons. The molecule has 0 fully saturated rings. The molecule has 0 aliphatic heterocycles. The molecule has 1 nitrogen and oxygen atoms in total. The van der Waals surface area contributed by atoms with Gasteiger partial charge in [-0.3, -0.25) is 0 Å². The highest BCUT2D eigenvalue weighted by Crippen LogP contribution is 2.45. The van der Waals surface area contributed by atoms with Crippen LogP contribution in [-0.4, -0.2) is 13.7 Å². The average Bonchev–Trinajstić information content (AvgIpc) is 3.26. The second-order valence-electron chi connectivity index (χ2n) is 10.2. The summed E-state index contributed by atoms with van der Waals surface area (Å²) < 4.78 is 5.67. The van der Waals surface area contributed by atoms with Gasteiger partial charge in [0, 0.05) is 13.0 Å². The molecule has 0 N–H and O–H groups in total. The third-order valence-electron chi connectivity index (χ3n) is 7.72. The number of methoxy groups -OCH3 is 1. The van der Waals surface area contributed by atoms with Gasteiger partial charge in [0.1, 0.15) is 0 Å². The predicted molar refractivity (Wildman–Crippen MR) is 155 cm³/mol. The van der Waals surface area contributed by atoms with Crippen molar-refractivity contribution in [2.75, 3.05) is 13.7 Å². The fourth-order valence-corrected chi connectivity index (χ4v) is 6.15. The van der Waals surface area contributed by atoms with E-state index < -0.39 is 0 Å². The number of hydrogen-bond acceptors (Lipinski definition) is 1. The van der Waals surface area contributed by atoms with Gasteiger partial charge in [-0.15, -0.1) is 0 Å². The number of ether oxygens (including phenoxy) is 1. The van der Waals surface area contributed by atoms with Crippen LogP contribution in [0.5, 0.6) is 0 Å². The van der Waals surface area contributed by atoms with Gasteiger partial charge >= 0.3 is 0 Å². The predicted octanol–water partition coefficient (Wildman–Crippen LogP) is 8.89. The lowest BCUT2D eigenvalue weighted by atomic mass is 9.72. The van der Waals surface area contributed by atoms with Gasteiger partial charge in [0.05, 0.1) is 6.61 Å². The monoisotopic (exact) mass is 476 g/mol. The molecule has 2 aliphatic carbocycles. The van der Waals surface area contributed by atoms with Crippen LogP contribution in [0.3, 0.4) is 0 Å². The number of fused-ring (bicyclic) bond motifs is 1. The zero-order valence-electron chi connectivity index (χ0n) is 22.5. The Bertz CT molecular complexity index is 1270. The smallest absolute Gasteiger partial charge is 0.0685 e. The molecule has 1 atom stereocenters. The topological polar surface area (TPSA) is 9.23 Å². The summed E-state index contributed by atoms with van der Waals surface area (Å²) in [5.41, 5.74) is 15.6. The second kappa shape index (κ2) is 11.3. The van der Waals surface area contributed by atoms with Crippen molar-refractivity contribution >= 4 is 5.57 Å². The van der Waals surface area contributed by atoms with Crippen LogP contribution < -0.4 is 0 Å². The lowest BCUT2D eigenvalue weighted by molar-refractivity contribution is 0.221. The van der Waals surface area contributed by atoms with E-state index in [0.717, 1.165) is 43.3 Å². The number of hydrogen-bond donors (Lipinski definition) is 0. The van der Waals surface area contributed by atoms with Gasteiger partial charge in [0.2, 0.25) is 0 Å². The van der Waals surface area contributed by atoms with Crippen LogP contribution in [0.15, 0.2) is 108 Å². The molecular weight excluding hydrogens is 436 g/mol. The maximum Gasteiger partial charge on any atom is 0.0685 e. The summed E-state index contributed by atoms with van der Waals surface area (Å²) in [6.45, 7) is 20.9. The van der Waals surface area contributed by atoms with Crippen LogP contribution in [0.25, 0.3) is 5.57 Å². The highest BCUT2D eigenvalue weighted by atomic mass is 16.5. The van der Waals surface area contributed by atoms with Gasteiger partial charge in [-0.25, -0.2) is 0 Å². The van der Waals surface area contributed by atoms with E-state index in [-0.39, 0.29) is 5.92 Å². The van der Waals surface area contributed by atoms with E-state index in [0.29, 0.717) is 6.61 Å². The Hall–Kier alpha value is -3.16. The summed E-state index contributed by atoms with van der Waals surface area (Å²) in [7, 11) is 1.78. The Kier molecular flexibility index (Phi) is 8.11. The fraction of sp³-hybridized carbons (Fsp3) is 0.314. The number of allylic oxidation sites excluding steroid dienone is 8.